The lowest BCUT2D eigenvalue weighted by atomic mass is 9.90. The Morgan fingerprint density at radius 1 is 1.27 bits per heavy atom. The number of fused-ring (bicyclic) bond motifs is 2. The van der Waals surface area contributed by atoms with Crippen LogP contribution in [0.5, 0.6) is 11.8 Å². The van der Waals surface area contributed by atoms with E-state index in [1.807, 2.05) is 0 Å². The molecule has 1 atom stereocenters. The molecule has 37 heavy (non-hydrogen) atoms. The normalized spacial score (nSPS) is 19.6. The van der Waals surface area contributed by atoms with Crippen molar-refractivity contribution >= 4 is 39.6 Å². The quantitative estimate of drug-likeness (QED) is 0.275. The maximum Gasteiger partial charge on any atom is 0.318 e. The third-order valence-corrected chi connectivity index (χ3v) is 7.73. The van der Waals surface area contributed by atoms with Crippen LogP contribution in [0, 0.1) is 24.0 Å². The molecule has 1 unspecified atom stereocenters. The van der Waals surface area contributed by atoms with Crippen LogP contribution in [0.4, 0.5) is 14.6 Å². The van der Waals surface area contributed by atoms with Gasteiger partial charge in [-0.05, 0) is 36.4 Å². The SMILES string of the molecule is C#Cc1c(F)ccc2cc(O)cc(-c3ncc4c(N5CCCC6(CNSN6)C5)nc(OC)nc4c3F)c12. The predicted octanol–water partition coefficient (Wildman–Crippen LogP) is 3.91. The first-order chi connectivity index (χ1) is 17.9. The Kier molecular flexibility index (Phi) is 5.75. The van der Waals surface area contributed by atoms with Crippen LogP contribution in [0.15, 0.2) is 30.5 Å². The number of ether oxygens (including phenoxy) is 1. The zero-order chi connectivity index (χ0) is 25.7. The van der Waals surface area contributed by atoms with Crippen LogP contribution < -0.4 is 19.1 Å². The number of terminal acetylenes is 1. The Morgan fingerprint density at radius 2 is 2.14 bits per heavy atom. The number of pyridine rings is 1. The lowest BCUT2D eigenvalue weighted by Gasteiger charge is -2.40. The number of nitrogens with one attached hydrogen (secondary N) is 2. The van der Waals surface area contributed by atoms with Gasteiger partial charge in [0.15, 0.2) is 5.82 Å². The molecule has 2 fully saturated rings. The number of hydrogen-bond acceptors (Lipinski definition) is 9. The minimum atomic E-state index is -0.749. The van der Waals surface area contributed by atoms with E-state index in [1.54, 1.807) is 0 Å². The number of anilines is 1. The standard InChI is InChI=1S/C26H22F2N6O2S/c1-3-16-19(27)6-5-14-9-15(35)10-17(20(14)16)22-21(28)23-18(11-29-22)24(32-25(31-23)36-2)34-8-4-7-26(13-34)12-30-37-33-26/h1,5-6,9-11,30,33,35H,4,7-8,12-13H2,2H3. The van der Waals surface area contributed by atoms with Crippen molar-refractivity contribution in [1.82, 2.24) is 24.4 Å². The number of phenols is 1. The molecule has 2 saturated heterocycles. The Morgan fingerprint density at radius 3 is 2.89 bits per heavy atom. The Balaban J connectivity index is 1.56. The lowest BCUT2D eigenvalue weighted by Crippen LogP contribution is -2.55. The second-order valence-electron chi connectivity index (χ2n) is 9.21. The summed E-state index contributed by atoms with van der Waals surface area (Å²) in [4.78, 5) is 15.4. The third kappa shape index (κ3) is 3.89. The van der Waals surface area contributed by atoms with E-state index in [9.17, 15) is 9.50 Å². The van der Waals surface area contributed by atoms with E-state index in [1.165, 1.54) is 49.7 Å². The molecule has 4 heterocycles. The minimum Gasteiger partial charge on any atom is -0.508 e. The molecule has 0 aliphatic carbocycles. The topological polar surface area (TPSA) is 95.4 Å². The average Bonchev–Trinajstić information content (AvgIpc) is 3.35. The number of nitrogens with zero attached hydrogens (tertiary/aromatic N) is 4. The Bertz CT molecular complexity index is 1600. The van der Waals surface area contributed by atoms with E-state index in [4.69, 9.17) is 11.2 Å². The van der Waals surface area contributed by atoms with Crippen LogP contribution in [0.1, 0.15) is 18.4 Å². The van der Waals surface area contributed by atoms with Gasteiger partial charge in [-0.1, -0.05) is 12.0 Å². The Hall–Kier alpha value is -3.72. The molecule has 11 heteroatoms. The molecule has 188 valence electrons. The molecule has 0 bridgehead atoms. The largest absolute Gasteiger partial charge is 0.508 e. The number of benzene rings is 2. The van der Waals surface area contributed by atoms with Gasteiger partial charge < -0.3 is 14.7 Å². The first kappa shape index (κ1) is 23.7. The van der Waals surface area contributed by atoms with E-state index in [0.717, 1.165) is 25.9 Å². The smallest absolute Gasteiger partial charge is 0.318 e. The van der Waals surface area contributed by atoms with Gasteiger partial charge in [0.05, 0.1) is 23.6 Å². The summed E-state index contributed by atoms with van der Waals surface area (Å²) in [5.74, 6) is 1.37. The van der Waals surface area contributed by atoms with Crippen LogP contribution in [0.3, 0.4) is 0 Å². The fourth-order valence-corrected chi connectivity index (χ4v) is 6.07. The van der Waals surface area contributed by atoms with Gasteiger partial charge in [0, 0.05) is 48.9 Å². The molecule has 3 N–H and O–H groups in total. The fourth-order valence-electron chi connectivity index (χ4n) is 5.19. The highest BCUT2D eigenvalue weighted by Gasteiger charge is 2.39. The van der Waals surface area contributed by atoms with Gasteiger partial charge in [0.2, 0.25) is 0 Å². The van der Waals surface area contributed by atoms with Crippen LogP contribution in [0.25, 0.3) is 32.9 Å². The Labute approximate surface area is 215 Å². The molecular formula is C26H22F2N6O2S. The number of aromatic hydroxyl groups is 1. The van der Waals surface area contributed by atoms with Gasteiger partial charge in [0.25, 0.3) is 0 Å². The summed E-state index contributed by atoms with van der Waals surface area (Å²) in [5.41, 5.74) is -0.112. The molecule has 1 spiro atoms. The highest BCUT2D eigenvalue weighted by Crippen LogP contribution is 2.39. The third-order valence-electron chi connectivity index (χ3n) is 6.90. The zero-order valence-corrected chi connectivity index (χ0v) is 20.6. The van der Waals surface area contributed by atoms with Gasteiger partial charge >= 0.3 is 6.01 Å². The molecule has 2 aliphatic rings. The molecule has 8 nitrogen and oxygen atoms in total. The zero-order valence-electron chi connectivity index (χ0n) is 19.8. The van der Waals surface area contributed by atoms with Crippen LogP contribution in [0.2, 0.25) is 0 Å². The van der Waals surface area contributed by atoms with Gasteiger partial charge in [-0.15, -0.1) is 6.42 Å². The molecular weight excluding hydrogens is 498 g/mol. The minimum absolute atomic E-state index is 0.00788. The first-order valence-corrected chi connectivity index (χ1v) is 12.5. The number of halogens is 2. The molecule has 2 aliphatic heterocycles. The molecule has 0 amide bonds. The highest BCUT2D eigenvalue weighted by molar-refractivity contribution is 7.95. The molecule has 2 aromatic heterocycles. The summed E-state index contributed by atoms with van der Waals surface area (Å²) in [6.45, 7) is 2.19. The van der Waals surface area contributed by atoms with Crippen LogP contribution in [-0.2, 0) is 0 Å². The summed E-state index contributed by atoms with van der Waals surface area (Å²) in [6, 6.07) is 5.48. The predicted molar refractivity (Wildman–Crippen MR) is 139 cm³/mol. The fraction of sp³-hybridized carbons (Fsp3) is 0.269. The van der Waals surface area contributed by atoms with E-state index >= 15 is 4.39 Å². The number of piperidine rings is 1. The van der Waals surface area contributed by atoms with Gasteiger partial charge in [-0.3, -0.25) is 4.98 Å². The number of hydrogen-bond donors (Lipinski definition) is 3. The second kappa shape index (κ2) is 8.99. The number of methoxy groups -OCH3 is 1. The van der Waals surface area contributed by atoms with Crippen molar-refractivity contribution in [1.29, 1.82) is 0 Å². The van der Waals surface area contributed by atoms with E-state index in [-0.39, 0.29) is 45.0 Å². The number of aromatic nitrogens is 3. The molecule has 4 aromatic rings. The summed E-state index contributed by atoms with van der Waals surface area (Å²) in [7, 11) is 1.42. The maximum atomic E-state index is 16.2. The summed E-state index contributed by atoms with van der Waals surface area (Å²) in [5, 5.41) is 11.5. The van der Waals surface area contributed by atoms with Crippen molar-refractivity contribution in [3.05, 3.63) is 47.7 Å². The van der Waals surface area contributed by atoms with Crippen LogP contribution in [-0.4, -0.2) is 52.3 Å². The van der Waals surface area contributed by atoms with E-state index in [0.29, 0.717) is 23.1 Å². The molecule has 0 radical (unpaired) electrons. The van der Waals surface area contributed by atoms with Crippen molar-refractivity contribution < 1.29 is 18.6 Å². The monoisotopic (exact) mass is 520 g/mol. The second-order valence-corrected chi connectivity index (χ2v) is 9.90. The van der Waals surface area contributed by atoms with Crippen molar-refractivity contribution in [3.63, 3.8) is 0 Å². The van der Waals surface area contributed by atoms with Gasteiger partial charge in [-0.25, -0.2) is 18.2 Å². The average molecular weight is 521 g/mol. The van der Waals surface area contributed by atoms with Crippen molar-refractivity contribution in [2.45, 2.75) is 18.4 Å². The van der Waals surface area contributed by atoms with Crippen LogP contribution >= 0.6 is 12.1 Å². The van der Waals surface area contributed by atoms with E-state index < -0.39 is 11.6 Å². The highest BCUT2D eigenvalue weighted by atomic mass is 32.2. The van der Waals surface area contributed by atoms with Crippen molar-refractivity contribution in [3.8, 4) is 35.4 Å². The summed E-state index contributed by atoms with van der Waals surface area (Å²) in [6.07, 6.45) is 9.03. The molecule has 2 aromatic carbocycles. The van der Waals surface area contributed by atoms with E-state index in [2.05, 4.69) is 35.2 Å². The van der Waals surface area contributed by atoms with Crippen molar-refractivity contribution in [2.75, 3.05) is 31.6 Å². The summed E-state index contributed by atoms with van der Waals surface area (Å²) < 4.78 is 42.9. The number of rotatable bonds is 3. The summed E-state index contributed by atoms with van der Waals surface area (Å²) >= 11 is 1.48. The van der Waals surface area contributed by atoms with Gasteiger partial charge in [-0.2, -0.15) is 9.97 Å². The first-order valence-electron chi connectivity index (χ1n) is 11.7. The van der Waals surface area contributed by atoms with Crippen molar-refractivity contribution in [2.24, 2.45) is 0 Å². The number of phenolic OH excluding ortho intramolecular Hbond substituents is 1. The molecule has 6 rings (SSSR count). The van der Waals surface area contributed by atoms with Gasteiger partial charge in [0.1, 0.15) is 28.6 Å². The maximum absolute atomic E-state index is 16.2. The molecule has 0 saturated carbocycles. The lowest BCUT2D eigenvalue weighted by molar-refractivity contribution is 0.336.